The second-order valence-electron chi connectivity index (χ2n) is 2.23. The molecule has 0 aliphatic heterocycles. The zero-order valence-corrected chi connectivity index (χ0v) is 6.85. The molecule has 0 aliphatic rings. The minimum absolute atomic E-state index is 0.105. The van der Waals surface area contributed by atoms with Crippen molar-refractivity contribution in [3.63, 3.8) is 0 Å². The van der Waals surface area contributed by atoms with E-state index in [9.17, 15) is 10.1 Å². The Balaban J connectivity index is 3.23. The monoisotopic (exact) mass is 177 g/mol. The highest BCUT2D eigenvalue weighted by Crippen LogP contribution is 2.30. The molecule has 0 unspecified atom stereocenters. The maximum atomic E-state index is 10.3. The Morgan fingerprint density at radius 3 is 2.77 bits per heavy atom. The van der Waals surface area contributed by atoms with Crippen LogP contribution in [0.4, 0.5) is 11.4 Å². The molecule has 0 fully saturated rings. The number of nitro groups is 1. The van der Waals surface area contributed by atoms with Gasteiger partial charge in [0.15, 0.2) is 0 Å². The summed E-state index contributed by atoms with van der Waals surface area (Å²) in [5, 5.41) is 10.3. The van der Waals surface area contributed by atoms with Crippen molar-refractivity contribution in [2.45, 2.75) is 0 Å². The van der Waals surface area contributed by atoms with E-state index in [1.54, 1.807) is 0 Å². The highest BCUT2D eigenvalue weighted by atomic mass is 16.6. The Morgan fingerprint density at radius 1 is 1.62 bits per heavy atom. The number of non-ortho nitro benzene ring substituents is 1. The van der Waals surface area contributed by atoms with E-state index in [0.29, 0.717) is 5.75 Å². The molecule has 0 saturated carbocycles. The molecule has 0 atom stereocenters. The fraction of sp³-hybridized carbons (Fsp3) is 0.125. The van der Waals surface area contributed by atoms with Crippen molar-refractivity contribution in [2.24, 2.45) is 0 Å². The molecule has 66 valence electrons. The summed E-state index contributed by atoms with van der Waals surface area (Å²) in [4.78, 5) is 12.9. The number of benzene rings is 1. The van der Waals surface area contributed by atoms with E-state index in [4.69, 9.17) is 11.3 Å². The van der Waals surface area contributed by atoms with Gasteiger partial charge in [0.1, 0.15) is 5.75 Å². The van der Waals surface area contributed by atoms with E-state index >= 15 is 0 Å². The predicted octanol–water partition coefficient (Wildman–Crippen LogP) is 2.15. The van der Waals surface area contributed by atoms with Crippen molar-refractivity contribution < 1.29 is 9.66 Å². The van der Waals surface area contributed by atoms with Crippen LogP contribution in [-0.4, -0.2) is 12.0 Å². The van der Waals surface area contributed by atoms with Gasteiger partial charge in [-0.3, -0.25) is 10.1 Å². The molecule has 1 aromatic carbocycles. The molecule has 0 spiro atoms. The molecule has 5 nitrogen and oxygen atoms in total. The van der Waals surface area contributed by atoms with E-state index in [2.05, 4.69) is 4.85 Å². The normalized spacial score (nSPS) is 8.92. The largest absolute Gasteiger partial charge is 0.508 e. The van der Waals surface area contributed by atoms with E-state index in [1.807, 2.05) is 0 Å². The molecule has 0 saturated heterocycles. The van der Waals surface area contributed by atoms with Gasteiger partial charge in [0.2, 0.25) is 5.69 Å². The molecule has 1 rings (SSSR count). The second-order valence-corrected chi connectivity index (χ2v) is 2.23. The smallest absolute Gasteiger partial charge is 0.259 e. The zero-order valence-electron chi connectivity index (χ0n) is 6.85. The lowest BCUT2D eigenvalue weighted by Gasteiger charge is -2.00. The van der Waals surface area contributed by atoms with E-state index < -0.39 is 4.92 Å². The van der Waals surface area contributed by atoms with Crippen molar-refractivity contribution in [2.75, 3.05) is 7.11 Å². The minimum atomic E-state index is -0.548. The molecule has 1 aromatic rings. The number of ether oxygens (including phenoxy) is 1. The van der Waals surface area contributed by atoms with Crippen LogP contribution in [0.25, 0.3) is 4.85 Å². The Bertz CT molecular complexity index is 381. The van der Waals surface area contributed by atoms with Gasteiger partial charge in [-0.15, -0.1) is 0 Å². The number of rotatable bonds is 2. The van der Waals surface area contributed by atoms with Crippen LogP contribution in [-0.2, 0) is 0 Å². The quantitative estimate of drug-likeness (QED) is 0.395. The van der Waals surface area contributed by atoms with Gasteiger partial charge in [0, 0.05) is 12.1 Å². The van der Waals surface area contributed by atoms with Crippen LogP contribution in [0.3, 0.4) is 0 Å². The third kappa shape index (κ3) is 1.73. The average molecular weight is 177 g/mol. The van der Waals surface area contributed by atoms with Crippen molar-refractivity contribution in [3.8, 4) is 5.75 Å². The van der Waals surface area contributed by atoms with Crippen LogP contribution < -0.4 is 4.74 Å². The molecule has 0 bridgehead atoms. The Morgan fingerprint density at radius 2 is 2.31 bits per heavy atom. The van der Waals surface area contributed by atoms with Crippen LogP contribution in [0.5, 0.6) is 5.75 Å². The molecule has 0 N–H and O–H groups in total. The topological polar surface area (TPSA) is 56.7 Å². The van der Waals surface area contributed by atoms with Gasteiger partial charge < -0.3 is 4.74 Å². The highest BCUT2D eigenvalue weighted by Gasteiger charge is 2.10. The van der Waals surface area contributed by atoms with Gasteiger partial charge in [0.05, 0.1) is 18.6 Å². The van der Waals surface area contributed by atoms with Crippen LogP contribution >= 0.6 is 0 Å². The first-order chi connectivity index (χ1) is 6.19. The van der Waals surface area contributed by atoms with Gasteiger partial charge >= 0.3 is 0 Å². The van der Waals surface area contributed by atoms with Gasteiger partial charge in [0.25, 0.3) is 5.69 Å². The van der Waals surface area contributed by atoms with Crippen molar-refractivity contribution >= 4 is 11.4 Å². The summed E-state index contributed by atoms with van der Waals surface area (Å²) < 4.78 is 4.83. The summed E-state index contributed by atoms with van der Waals surface area (Å²) in [7, 11) is 1.41. The van der Waals surface area contributed by atoms with Crippen molar-refractivity contribution in [1.29, 1.82) is 0 Å². The first-order valence-electron chi connectivity index (χ1n) is 3.39. The number of nitrogens with zero attached hydrogens (tertiary/aromatic N) is 2. The maximum absolute atomic E-state index is 10.3. The Labute approximate surface area is 74.5 Å². The summed E-state index contributed by atoms with van der Waals surface area (Å²) in [6.07, 6.45) is 0. The van der Waals surface area contributed by atoms with Crippen LogP contribution in [0.2, 0.25) is 0 Å². The first-order valence-corrected chi connectivity index (χ1v) is 3.39. The average Bonchev–Trinajstić information content (AvgIpc) is 2.16. The fourth-order valence-electron chi connectivity index (χ4n) is 0.879. The summed E-state index contributed by atoms with van der Waals surface area (Å²) in [6, 6.07) is 3.89. The SMILES string of the molecule is COc1ccc([N+](=O)[O-])cc1[N+]#[11C-]. The van der Waals surface area contributed by atoms with E-state index in [1.165, 1.54) is 25.3 Å². The lowest BCUT2D eigenvalue weighted by molar-refractivity contribution is -0.384. The summed E-state index contributed by atoms with van der Waals surface area (Å²) in [5.41, 5.74) is 0.0449. The molecule has 0 amide bonds. The third-order valence-corrected chi connectivity index (χ3v) is 1.49. The summed E-state index contributed by atoms with van der Waals surface area (Å²) >= 11 is 0. The van der Waals surface area contributed by atoms with Crippen LogP contribution in [0.1, 0.15) is 0 Å². The lowest BCUT2D eigenvalue weighted by atomic mass is 10.2. The number of methoxy groups -OCH3 is 1. The number of hydrogen-bond acceptors (Lipinski definition) is 3. The summed E-state index contributed by atoms with van der Waals surface area (Å²) in [5.74, 6) is 0.348. The zero-order chi connectivity index (χ0) is 9.84. The van der Waals surface area contributed by atoms with Crippen molar-refractivity contribution in [1.82, 2.24) is 0 Å². The first kappa shape index (κ1) is 9.00. The number of hydrogen-bond donors (Lipinski definition) is 0. The van der Waals surface area contributed by atoms with Crippen LogP contribution in [0.15, 0.2) is 18.2 Å². The lowest BCUT2D eigenvalue weighted by Crippen LogP contribution is -1.88. The van der Waals surface area contributed by atoms with Crippen LogP contribution in [0, 0.1) is 16.7 Å². The Hall–Kier alpha value is -2.09. The van der Waals surface area contributed by atoms with Gasteiger partial charge in [-0.2, -0.15) is 0 Å². The van der Waals surface area contributed by atoms with E-state index in [0.717, 1.165) is 0 Å². The molecular formula is C8H6N2O3. The predicted molar refractivity (Wildman–Crippen MR) is 45.9 cm³/mol. The molecule has 0 aliphatic carbocycles. The maximum Gasteiger partial charge on any atom is 0.259 e. The molecule has 13 heavy (non-hydrogen) atoms. The van der Waals surface area contributed by atoms with Gasteiger partial charge in [-0.25, -0.2) is 4.85 Å². The molecular weight excluding hydrogens is 171 g/mol. The van der Waals surface area contributed by atoms with E-state index in [-0.39, 0.29) is 11.4 Å². The number of nitro benzene ring substituents is 1. The Kier molecular flexibility index (Phi) is 2.45. The second kappa shape index (κ2) is 3.54. The molecule has 0 heterocycles. The molecule has 0 radical (unpaired) electrons. The third-order valence-electron chi connectivity index (χ3n) is 1.49. The molecule has 5 heteroatoms. The fourth-order valence-corrected chi connectivity index (χ4v) is 0.879. The van der Waals surface area contributed by atoms with Gasteiger partial charge in [-0.05, 0) is 6.07 Å². The van der Waals surface area contributed by atoms with Gasteiger partial charge in [-0.1, -0.05) is 0 Å². The highest BCUT2D eigenvalue weighted by molar-refractivity contribution is 5.62. The van der Waals surface area contributed by atoms with Crippen molar-refractivity contribution in [3.05, 3.63) is 39.7 Å². The standard InChI is InChI=1S/C8H6N2O3/c1-9-7-5-6(10(11)12)3-4-8(7)13-2/h3-5H,2H3/i1-1. The minimum Gasteiger partial charge on any atom is -0.508 e. The molecule has 0 aromatic heterocycles. The summed E-state index contributed by atoms with van der Waals surface area (Å²) in [6.45, 7) is 6.75.